The Morgan fingerprint density at radius 2 is 1.70 bits per heavy atom. The highest BCUT2D eigenvalue weighted by Gasteiger charge is 2.34. The maximum Gasteiger partial charge on any atom is 0.434 e. The van der Waals surface area contributed by atoms with E-state index in [4.69, 9.17) is 14.3 Å². The van der Waals surface area contributed by atoms with Crippen LogP contribution in [0.3, 0.4) is 0 Å². The number of nitrogens with zero attached hydrogens (tertiary/aromatic N) is 3. The van der Waals surface area contributed by atoms with Gasteiger partial charge in [-0.05, 0) is 77.0 Å². The van der Waals surface area contributed by atoms with Crippen LogP contribution < -0.4 is 10.1 Å². The summed E-state index contributed by atoms with van der Waals surface area (Å²) in [7, 11) is 1.43. The van der Waals surface area contributed by atoms with E-state index in [1.165, 1.54) is 17.5 Å². The van der Waals surface area contributed by atoms with E-state index in [0.29, 0.717) is 38.7 Å². The first kappa shape index (κ1) is 28.6. The molecule has 3 rings (SSSR count). The predicted octanol–water partition coefficient (Wildman–Crippen LogP) is 3.45. The first-order valence-corrected chi connectivity index (χ1v) is 13.2. The Hall–Kier alpha value is -3.01. The molecule has 206 valence electrons. The molecule has 0 spiro atoms. The van der Waals surface area contributed by atoms with Crippen LogP contribution >= 0.6 is 0 Å². The SMILES string of the molecule is CCOc1ccc(CCC2CCN(C(=O)ON(C)C(=O)C3CN(C(=O)OC(C)(C)C)CCN3)CC2)cc1. The molecule has 2 aliphatic rings. The summed E-state index contributed by atoms with van der Waals surface area (Å²) < 4.78 is 10.9. The van der Waals surface area contributed by atoms with Crippen LogP contribution in [0.5, 0.6) is 5.75 Å². The van der Waals surface area contributed by atoms with Crippen molar-refractivity contribution in [2.75, 3.05) is 46.4 Å². The van der Waals surface area contributed by atoms with Crippen LogP contribution in [-0.4, -0.2) is 91.0 Å². The van der Waals surface area contributed by atoms with Gasteiger partial charge in [0, 0.05) is 39.8 Å². The van der Waals surface area contributed by atoms with Crippen molar-refractivity contribution in [1.29, 1.82) is 0 Å². The summed E-state index contributed by atoms with van der Waals surface area (Å²) in [6.07, 6.45) is 2.87. The number of amides is 3. The normalized spacial score (nSPS) is 18.8. The summed E-state index contributed by atoms with van der Waals surface area (Å²) >= 11 is 0. The van der Waals surface area contributed by atoms with Crippen molar-refractivity contribution < 1.29 is 28.7 Å². The lowest BCUT2D eigenvalue weighted by Crippen LogP contribution is -2.59. The number of hydroxylamine groups is 2. The summed E-state index contributed by atoms with van der Waals surface area (Å²) in [4.78, 5) is 46.5. The summed E-state index contributed by atoms with van der Waals surface area (Å²) in [5.74, 6) is 1.02. The highest BCUT2D eigenvalue weighted by Crippen LogP contribution is 2.24. The van der Waals surface area contributed by atoms with E-state index in [0.717, 1.165) is 36.5 Å². The molecule has 2 fully saturated rings. The standard InChI is InChI=1S/C27H42N4O6/c1-6-35-22-11-9-20(10-12-22)7-8-21-13-16-30(17-14-21)26(34)37-29(5)24(32)23-19-31(18-15-28-23)25(33)36-27(2,3)4/h9-12,21,23,28H,6-8,13-19H2,1-5H3. The lowest BCUT2D eigenvalue weighted by atomic mass is 9.91. The summed E-state index contributed by atoms with van der Waals surface area (Å²) in [6.45, 7) is 10.3. The molecule has 1 aromatic carbocycles. The fourth-order valence-electron chi connectivity index (χ4n) is 4.54. The van der Waals surface area contributed by atoms with Crippen LogP contribution in [0, 0.1) is 5.92 Å². The van der Waals surface area contributed by atoms with Crippen molar-refractivity contribution in [1.82, 2.24) is 20.2 Å². The van der Waals surface area contributed by atoms with E-state index in [2.05, 4.69) is 17.4 Å². The smallest absolute Gasteiger partial charge is 0.434 e. The van der Waals surface area contributed by atoms with Gasteiger partial charge in [-0.1, -0.05) is 12.1 Å². The van der Waals surface area contributed by atoms with Gasteiger partial charge in [0.15, 0.2) is 0 Å². The van der Waals surface area contributed by atoms with E-state index in [1.54, 1.807) is 25.7 Å². The van der Waals surface area contributed by atoms with Crippen LogP contribution in [0.4, 0.5) is 9.59 Å². The second-order valence-corrected chi connectivity index (χ2v) is 10.7. The lowest BCUT2D eigenvalue weighted by Gasteiger charge is -2.36. The molecular formula is C27H42N4O6. The Bertz CT molecular complexity index is 908. The van der Waals surface area contributed by atoms with Gasteiger partial charge in [0.1, 0.15) is 17.4 Å². The molecule has 2 heterocycles. The largest absolute Gasteiger partial charge is 0.494 e. The Morgan fingerprint density at radius 3 is 2.32 bits per heavy atom. The van der Waals surface area contributed by atoms with Crippen LogP contribution in [0.15, 0.2) is 24.3 Å². The lowest BCUT2D eigenvalue weighted by molar-refractivity contribution is -0.166. The molecule has 0 radical (unpaired) electrons. The van der Waals surface area contributed by atoms with Gasteiger partial charge in [-0.2, -0.15) is 5.06 Å². The van der Waals surface area contributed by atoms with Crippen LogP contribution in [0.2, 0.25) is 0 Å². The average molecular weight is 519 g/mol. The Kier molecular flexibility index (Phi) is 10.0. The van der Waals surface area contributed by atoms with Crippen molar-refractivity contribution >= 4 is 18.1 Å². The third-order valence-electron chi connectivity index (χ3n) is 6.60. The molecule has 0 aliphatic carbocycles. The predicted molar refractivity (Wildman–Crippen MR) is 139 cm³/mol. The number of rotatable bonds is 6. The minimum atomic E-state index is -0.674. The number of likely N-dealkylation sites (tertiary alicyclic amines) is 1. The third kappa shape index (κ3) is 8.80. The molecule has 3 amide bonds. The van der Waals surface area contributed by atoms with E-state index < -0.39 is 29.7 Å². The van der Waals surface area contributed by atoms with Crippen LogP contribution in [-0.2, 0) is 20.8 Å². The van der Waals surface area contributed by atoms with E-state index in [9.17, 15) is 14.4 Å². The van der Waals surface area contributed by atoms with Gasteiger partial charge in [0.25, 0.3) is 5.91 Å². The highest BCUT2D eigenvalue weighted by atomic mass is 16.7. The number of hydrogen-bond acceptors (Lipinski definition) is 7. The first-order valence-electron chi connectivity index (χ1n) is 13.2. The summed E-state index contributed by atoms with van der Waals surface area (Å²) in [6, 6.07) is 7.56. The number of piperazine rings is 1. The van der Waals surface area contributed by atoms with Gasteiger partial charge >= 0.3 is 12.2 Å². The molecule has 0 aromatic heterocycles. The van der Waals surface area contributed by atoms with Crippen molar-refractivity contribution in [2.45, 2.75) is 65.0 Å². The number of ether oxygens (including phenoxy) is 2. The van der Waals surface area contributed by atoms with E-state index in [1.807, 2.05) is 19.1 Å². The Morgan fingerprint density at radius 1 is 1.03 bits per heavy atom. The molecule has 1 atom stereocenters. The second-order valence-electron chi connectivity index (χ2n) is 10.7. The fourth-order valence-corrected chi connectivity index (χ4v) is 4.54. The van der Waals surface area contributed by atoms with Crippen LogP contribution in [0.25, 0.3) is 0 Å². The average Bonchev–Trinajstić information content (AvgIpc) is 2.87. The quantitative estimate of drug-likeness (QED) is 0.576. The molecule has 2 aliphatic heterocycles. The van der Waals surface area contributed by atoms with Gasteiger partial charge in [-0.3, -0.25) is 4.79 Å². The topological polar surface area (TPSA) is 101 Å². The van der Waals surface area contributed by atoms with Gasteiger partial charge in [-0.25, -0.2) is 9.59 Å². The molecule has 37 heavy (non-hydrogen) atoms. The molecule has 0 bridgehead atoms. The number of likely N-dealkylation sites (N-methyl/N-ethyl adjacent to an activating group) is 1. The van der Waals surface area contributed by atoms with E-state index >= 15 is 0 Å². The molecule has 0 saturated carbocycles. The number of benzene rings is 1. The van der Waals surface area contributed by atoms with Crippen LogP contribution in [0.1, 0.15) is 52.5 Å². The van der Waals surface area contributed by atoms with Crippen molar-refractivity contribution in [3.63, 3.8) is 0 Å². The molecule has 1 unspecified atom stereocenters. The number of nitrogens with one attached hydrogen (secondary N) is 1. The molecule has 1 aromatic rings. The zero-order valence-electron chi connectivity index (χ0n) is 22.8. The van der Waals surface area contributed by atoms with Gasteiger partial charge in [0.05, 0.1) is 6.61 Å². The molecule has 2 saturated heterocycles. The Labute approximate surface area is 220 Å². The van der Waals surface area contributed by atoms with Crippen molar-refractivity contribution in [3.05, 3.63) is 29.8 Å². The maximum absolute atomic E-state index is 12.9. The Balaban J connectivity index is 1.39. The molecule has 10 heteroatoms. The zero-order chi connectivity index (χ0) is 27.0. The van der Waals surface area contributed by atoms with Gasteiger partial charge < -0.3 is 29.4 Å². The molecule has 1 N–H and O–H groups in total. The number of piperidine rings is 1. The van der Waals surface area contributed by atoms with Crippen molar-refractivity contribution in [2.24, 2.45) is 5.92 Å². The molecule has 10 nitrogen and oxygen atoms in total. The van der Waals surface area contributed by atoms with E-state index in [-0.39, 0.29) is 6.54 Å². The number of carbonyl (C=O) groups is 3. The van der Waals surface area contributed by atoms with Crippen molar-refractivity contribution in [3.8, 4) is 5.75 Å². The number of aryl methyl sites for hydroxylation is 1. The van der Waals surface area contributed by atoms with Gasteiger partial charge in [-0.15, -0.1) is 0 Å². The molecular weight excluding hydrogens is 476 g/mol. The maximum atomic E-state index is 12.9. The zero-order valence-corrected chi connectivity index (χ0v) is 22.8. The second kappa shape index (κ2) is 13.0. The third-order valence-corrected chi connectivity index (χ3v) is 6.60. The highest BCUT2D eigenvalue weighted by molar-refractivity contribution is 5.83. The fraction of sp³-hybridized carbons (Fsp3) is 0.667. The minimum absolute atomic E-state index is 0.148. The minimum Gasteiger partial charge on any atom is -0.494 e. The monoisotopic (exact) mass is 518 g/mol. The number of hydrogen-bond donors (Lipinski definition) is 1. The first-order chi connectivity index (χ1) is 17.6. The van der Waals surface area contributed by atoms with Gasteiger partial charge in [0.2, 0.25) is 0 Å². The summed E-state index contributed by atoms with van der Waals surface area (Å²) in [5, 5.41) is 4.06. The number of carbonyl (C=O) groups excluding carboxylic acids is 3. The summed E-state index contributed by atoms with van der Waals surface area (Å²) in [5.41, 5.74) is 0.670.